The van der Waals surface area contributed by atoms with E-state index in [0.29, 0.717) is 5.56 Å². The number of carbonyl (C=O) groups excluding carboxylic acids is 2. The van der Waals surface area contributed by atoms with Crippen LogP contribution in [0.4, 0.5) is 5.69 Å². The number of hydrogen-bond donors (Lipinski definition) is 1. The summed E-state index contributed by atoms with van der Waals surface area (Å²) in [6.45, 7) is 1.40. The number of Topliss-reactive ketones (excluding diaryl/α,β-unsaturated/α-hetero) is 1. The van der Waals surface area contributed by atoms with Crippen molar-refractivity contribution in [2.75, 3.05) is 12.8 Å². The Morgan fingerprint density at radius 3 is 2.57 bits per heavy atom. The summed E-state index contributed by atoms with van der Waals surface area (Å²) >= 11 is 0. The third-order valence-electron chi connectivity index (χ3n) is 1.70. The molecular weight excluding hydrogens is 184 g/mol. The van der Waals surface area contributed by atoms with Gasteiger partial charge in [-0.15, -0.1) is 0 Å². The highest BCUT2D eigenvalue weighted by Gasteiger charge is 2.12. The van der Waals surface area contributed by atoms with Crippen molar-refractivity contribution in [3.05, 3.63) is 23.5 Å². The number of carbonyl (C=O) groups is 2. The molecule has 0 saturated carbocycles. The number of nitrogen functional groups attached to an aromatic ring is 1. The third kappa shape index (κ3) is 1.87. The van der Waals surface area contributed by atoms with Crippen molar-refractivity contribution in [1.82, 2.24) is 4.98 Å². The maximum atomic E-state index is 11.1. The van der Waals surface area contributed by atoms with E-state index in [4.69, 9.17) is 5.73 Å². The van der Waals surface area contributed by atoms with Crippen molar-refractivity contribution in [2.45, 2.75) is 6.92 Å². The molecule has 0 amide bonds. The van der Waals surface area contributed by atoms with E-state index in [2.05, 4.69) is 9.72 Å². The SMILES string of the molecule is COC(=O)c1ncc(C(C)=O)cc1N. The molecule has 0 fully saturated rings. The van der Waals surface area contributed by atoms with Crippen LogP contribution in [0.2, 0.25) is 0 Å². The molecule has 5 nitrogen and oxygen atoms in total. The fraction of sp³-hybridized carbons (Fsp3) is 0.222. The first-order chi connectivity index (χ1) is 6.56. The Balaban J connectivity index is 3.14. The quantitative estimate of drug-likeness (QED) is 0.552. The molecule has 1 aromatic rings. The lowest BCUT2D eigenvalue weighted by Gasteiger charge is -2.03. The molecule has 0 aliphatic carbocycles. The molecule has 0 aromatic carbocycles. The zero-order valence-electron chi connectivity index (χ0n) is 7.90. The van der Waals surface area contributed by atoms with Crippen molar-refractivity contribution in [3.8, 4) is 0 Å². The van der Waals surface area contributed by atoms with Gasteiger partial charge in [0.2, 0.25) is 0 Å². The molecule has 0 bridgehead atoms. The average Bonchev–Trinajstić information content (AvgIpc) is 2.16. The number of rotatable bonds is 2. The van der Waals surface area contributed by atoms with E-state index in [9.17, 15) is 9.59 Å². The monoisotopic (exact) mass is 194 g/mol. The second-order valence-corrected chi connectivity index (χ2v) is 2.71. The van der Waals surface area contributed by atoms with Gasteiger partial charge in [-0.05, 0) is 13.0 Å². The van der Waals surface area contributed by atoms with Gasteiger partial charge in [0.15, 0.2) is 11.5 Å². The van der Waals surface area contributed by atoms with Gasteiger partial charge in [0.25, 0.3) is 0 Å². The van der Waals surface area contributed by atoms with Gasteiger partial charge in [-0.25, -0.2) is 9.78 Å². The Bertz CT molecular complexity index is 388. The summed E-state index contributed by atoms with van der Waals surface area (Å²) in [7, 11) is 1.24. The number of esters is 1. The van der Waals surface area contributed by atoms with Gasteiger partial charge in [0.1, 0.15) is 0 Å². The van der Waals surface area contributed by atoms with E-state index in [-0.39, 0.29) is 17.2 Å². The van der Waals surface area contributed by atoms with Crippen LogP contribution >= 0.6 is 0 Å². The average molecular weight is 194 g/mol. The molecule has 14 heavy (non-hydrogen) atoms. The second-order valence-electron chi connectivity index (χ2n) is 2.71. The van der Waals surface area contributed by atoms with E-state index in [1.807, 2.05) is 0 Å². The van der Waals surface area contributed by atoms with Gasteiger partial charge >= 0.3 is 5.97 Å². The lowest BCUT2D eigenvalue weighted by molar-refractivity contribution is 0.0595. The van der Waals surface area contributed by atoms with Gasteiger partial charge < -0.3 is 10.5 Å². The van der Waals surface area contributed by atoms with Gasteiger partial charge in [-0.3, -0.25) is 4.79 Å². The zero-order chi connectivity index (χ0) is 10.7. The molecule has 0 aliphatic heterocycles. The summed E-state index contributed by atoms with van der Waals surface area (Å²) in [5, 5.41) is 0. The highest BCUT2D eigenvalue weighted by atomic mass is 16.5. The van der Waals surface area contributed by atoms with Crippen LogP contribution in [0.1, 0.15) is 27.8 Å². The summed E-state index contributed by atoms with van der Waals surface area (Å²) in [4.78, 5) is 25.8. The Kier molecular flexibility index (Phi) is 2.81. The zero-order valence-corrected chi connectivity index (χ0v) is 7.90. The molecule has 1 aromatic heterocycles. The first-order valence-corrected chi connectivity index (χ1v) is 3.91. The summed E-state index contributed by atoms with van der Waals surface area (Å²) < 4.78 is 4.45. The number of pyridine rings is 1. The van der Waals surface area contributed by atoms with Crippen LogP contribution in [0.15, 0.2) is 12.3 Å². The summed E-state index contributed by atoms with van der Waals surface area (Å²) in [5.41, 5.74) is 6.06. The Labute approximate surface area is 80.9 Å². The Morgan fingerprint density at radius 1 is 1.50 bits per heavy atom. The van der Waals surface area contributed by atoms with Crippen molar-refractivity contribution in [2.24, 2.45) is 0 Å². The van der Waals surface area contributed by atoms with Crippen LogP contribution in [0.3, 0.4) is 0 Å². The summed E-state index contributed by atoms with van der Waals surface area (Å²) in [5.74, 6) is -0.766. The summed E-state index contributed by atoms with van der Waals surface area (Å²) in [6, 6.07) is 1.40. The topological polar surface area (TPSA) is 82.3 Å². The maximum absolute atomic E-state index is 11.1. The van der Waals surface area contributed by atoms with Crippen LogP contribution in [0.25, 0.3) is 0 Å². The Hall–Kier alpha value is -1.91. The van der Waals surface area contributed by atoms with Gasteiger partial charge in [0, 0.05) is 11.8 Å². The molecule has 2 N–H and O–H groups in total. The van der Waals surface area contributed by atoms with E-state index in [0.717, 1.165) is 0 Å². The van der Waals surface area contributed by atoms with Crippen LogP contribution in [-0.2, 0) is 4.74 Å². The molecule has 1 rings (SSSR count). The van der Waals surface area contributed by atoms with Crippen molar-refractivity contribution < 1.29 is 14.3 Å². The molecule has 0 spiro atoms. The third-order valence-corrected chi connectivity index (χ3v) is 1.70. The molecule has 0 atom stereocenters. The fourth-order valence-electron chi connectivity index (χ4n) is 0.942. The van der Waals surface area contributed by atoms with E-state index in [1.165, 1.54) is 26.3 Å². The number of ketones is 1. The van der Waals surface area contributed by atoms with Crippen molar-refractivity contribution in [1.29, 1.82) is 0 Å². The molecule has 1 heterocycles. The van der Waals surface area contributed by atoms with Gasteiger partial charge in [0.05, 0.1) is 12.8 Å². The van der Waals surface area contributed by atoms with Crippen LogP contribution in [0.5, 0.6) is 0 Å². The smallest absolute Gasteiger partial charge is 0.358 e. The van der Waals surface area contributed by atoms with E-state index in [1.54, 1.807) is 0 Å². The molecule has 0 unspecified atom stereocenters. The molecule has 0 radical (unpaired) electrons. The van der Waals surface area contributed by atoms with Crippen LogP contribution in [-0.4, -0.2) is 23.8 Å². The highest BCUT2D eigenvalue weighted by Crippen LogP contribution is 2.12. The highest BCUT2D eigenvalue weighted by molar-refractivity contribution is 5.98. The number of hydrogen-bond acceptors (Lipinski definition) is 5. The molecule has 5 heteroatoms. The van der Waals surface area contributed by atoms with Crippen LogP contribution < -0.4 is 5.73 Å². The number of ether oxygens (including phenoxy) is 1. The predicted molar refractivity (Wildman–Crippen MR) is 50.0 cm³/mol. The molecule has 0 aliphatic rings. The predicted octanol–water partition coefficient (Wildman–Crippen LogP) is 0.653. The standard InChI is InChI=1S/C9H10N2O3/c1-5(12)6-3-7(10)8(11-4-6)9(13)14-2/h3-4H,10H2,1-2H3. The number of methoxy groups -OCH3 is 1. The fourth-order valence-corrected chi connectivity index (χ4v) is 0.942. The maximum Gasteiger partial charge on any atom is 0.358 e. The second kappa shape index (κ2) is 3.87. The van der Waals surface area contributed by atoms with E-state index >= 15 is 0 Å². The molecular formula is C9H10N2O3. The van der Waals surface area contributed by atoms with Crippen LogP contribution in [0, 0.1) is 0 Å². The Morgan fingerprint density at radius 2 is 2.14 bits per heavy atom. The largest absolute Gasteiger partial charge is 0.464 e. The molecule has 0 saturated heterocycles. The summed E-state index contributed by atoms with van der Waals surface area (Å²) in [6.07, 6.45) is 1.30. The first kappa shape index (κ1) is 10.2. The first-order valence-electron chi connectivity index (χ1n) is 3.91. The van der Waals surface area contributed by atoms with Gasteiger partial charge in [-0.2, -0.15) is 0 Å². The number of aromatic nitrogens is 1. The number of nitrogens with zero attached hydrogens (tertiary/aromatic N) is 1. The minimum Gasteiger partial charge on any atom is -0.464 e. The number of nitrogens with two attached hydrogens (primary N) is 1. The van der Waals surface area contributed by atoms with Crippen molar-refractivity contribution >= 4 is 17.4 Å². The lowest BCUT2D eigenvalue weighted by Crippen LogP contribution is -2.09. The normalized spacial score (nSPS) is 9.57. The molecule has 74 valence electrons. The minimum atomic E-state index is -0.613. The van der Waals surface area contributed by atoms with Crippen molar-refractivity contribution in [3.63, 3.8) is 0 Å². The number of anilines is 1. The minimum absolute atomic E-state index is 0.0255. The van der Waals surface area contributed by atoms with E-state index < -0.39 is 5.97 Å². The lowest BCUT2D eigenvalue weighted by atomic mass is 10.2. The van der Waals surface area contributed by atoms with Gasteiger partial charge in [-0.1, -0.05) is 0 Å².